The molecule has 4 unspecified atom stereocenters. The quantitative estimate of drug-likeness (QED) is 0.238. The molecule has 1 fully saturated rings. The normalized spacial score (nSPS) is 17.2. The van der Waals surface area contributed by atoms with Crippen molar-refractivity contribution in [3.63, 3.8) is 0 Å². The van der Waals surface area contributed by atoms with E-state index in [0.717, 1.165) is 16.3 Å². The highest BCUT2D eigenvalue weighted by molar-refractivity contribution is 5.91. The lowest BCUT2D eigenvalue weighted by atomic mass is 9.80. The molecule has 9 heteroatoms. The number of fused-ring (bicyclic) bond motifs is 1. The van der Waals surface area contributed by atoms with Gasteiger partial charge in [-0.3, -0.25) is 14.4 Å². The predicted octanol–water partition coefficient (Wildman–Crippen LogP) is 3.82. The molecule has 0 saturated carbocycles. The Kier molecular flexibility index (Phi) is 9.78. The number of benzene rings is 4. The lowest BCUT2D eigenvalue weighted by Crippen LogP contribution is -2.64. The van der Waals surface area contributed by atoms with Gasteiger partial charge >= 0.3 is 0 Å². The van der Waals surface area contributed by atoms with Crippen molar-refractivity contribution >= 4 is 28.5 Å². The van der Waals surface area contributed by atoms with Crippen LogP contribution in [0, 0.1) is 17.7 Å². The minimum Gasteiger partial charge on any atom is -0.508 e. The number of aromatic hydroxyl groups is 1. The molecule has 4 atom stereocenters. The van der Waals surface area contributed by atoms with Crippen LogP contribution in [0.15, 0.2) is 91.0 Å². The molecule has 3 amide bonds. The van der Waals surface area contributed by atoms with Crippen molar-refractivity contribution < 1.29 is 23.9 Å². The van der Waals surface area contributed by atoms with Gasteiger partial charge in [0.15, 0.2) is 0 Å². The highest BCUT2D eigenvalue weighted by atomic mass is 19.1. The molecule has 45 heavy (non-hydrogen) atoms. The Morgan fingerprint density at radius 1 is 0.889 bits per heavy atom. The van der Waals surface area contributed by atoms with E-state index in [4.69, 9.17) is 11.5 Å². The van der Waals surface area contributed by atoms with Crippen LogP contribution in [0.25, 0.3) is 10.8 Å². The number of rotatable bonds is 11. The first-order valence-electron chi connectivity index (χ1n) is 15.2. The van der Waals surface area contributed by atoms with Crippen LogP contribution in [0.1, 0.15) is 23.6 Å². The summed E-state index contributed by atoms with van der Waals surface area (Å²) in [5.74, 6) is -3.46. The van der Waals surface area contributed by atoms with Crippen LogP contribution < -0.4 is 11.5 Å². The van der Waals surface area contributed by atoms with E-state index in [-0.39, 0.29) is 37.6 Å². The van der Waals surface area contributed by atoms with Gasteiger partial charge < -0.3 is 26.4 Å². The Morgan fingerprint density at radius 2 is 1.49 bits per heavy atom. The van der Waals surface area contributed by atoms with Crippen LogP contribution in [0.5, 0.6) is 5.75 Å². The fraction of sp³-hybridized carbons (Fsp3) is 0.306. The average Bonchev–Trinajstić information content (AvgIpc) is 3.03. The Bertz CT molecular complexity index is 1660. The number of hydrogen-bond acceptors (Lipinski definition) is 5. The highest BCUT2D eigenvalue weighted by Gasteiger charge is 2.42. The fourth-order valence-corrected chi connectivity index (χ4v) is 6.17. The summed E-state index contributed by atoms with van der Waals surface area (Å²) in [4.78, 5) is 44.1. The molecule has 0 radical (unpaired) electrons. The lowest BCUT2D eigenvalue weighted by molar-refractivity contribution is -0.154. The molecule has 1 heterocycles. The maximum Gasteiger partial charge on any atom is 0.242 e. The molecule has 0 spiro atoms. The van der Waals surface area contributed by atoms with Crippen molar-refractivity contribution in [2.45, 2.75) is 38.3 Å². The van der Waals surface area contributed by atoms with Gasteiger partial charge in [0.2, 0.25) is 17.7 Å². The summed E-state index contributed by atoms with van der Waals surface area (Å²) in [5, 5.41) is 12.0. The maximum absolute atomic E-state index is 14.4. The molecule has 1 aliphatic rings. The van der Waals surface area contributed by atoms with Crippen molar-refractivity contribution in [3.8, 4) is 5.75 Å². The molecule has 4 aromatic rings. The van der Waals surface area contributed by atoms with Crippen LogP contribution in [0.2, 0.25) is 0 Å². The number of phenols is 1. The SMILES string of the molecule is CC(N)C1CN(CCc2ccc3ccccc3c2)C(=O)CN1C(=O)C(Cc1ccc(F)cc1)C(Cc1ccc(O)cc1)C(N)=O. The van der Waals surface area contributed by atoms with Gasteiger partial charge in [-0.1, -0.05) is 66.7 Å². The van der Waals surface area contributed by atoms with Gasteiger partial charge in [-0.2, -0.15) is 0 Å². The van der Waals surface area contributed by atoms with E-state index < -0.39 is 41.6 Å². The van der Waals surface area contributed by atoms with Crippen LogP contribution in [-0.2, 0) is 33.6 Å². The number of carbonyl (C=O) groups excluding carboxylic acids is 3. The standard InChI is InChI=1S/C36H39FN4O4/c1-23(38)33-21-40(17-16-26-6-11-27-4-2-3-5-28(27)18-26)34(43)22-41(33)36(45)32(20-24-7-12-29(37)13-8-24)31(35(39)44)19-25-9-14-30(42)15-10-25/h2-15,18,23,31-33,42H,16-17,19-22,38H2,1H3,(H2,39,44). The summed E-state index contributed by atoms with van der Waals surface area (Å²) < 4.78 is 13.7. The minimum absolute atomic E-state index is 0.0742. The molecule has 4 aromatic carbocycles. The van der Waals surface area contributed by atoms with E-state index >= 15 is 0 Å². The van der Waals surface area contributed by atoms with E-state index in [1.165, 1.54) is 29.2 Å². The molecule has 234 valence electrons. The van der Waals surface area contributed by atoms with Crippen molar-refractivity contribution in [3.05, 3.63) is 114 Å². The first kappa shape index (κ1) is 31.7. The zero-order valence-electron chi connectivity index (χ0n) is 25.3. The molecule has 0 aromatic heterocycles. The Labute approximate surface area is 262 Å². The Morgan fingerprint density at radius 3 is 2.13 bits per heavy atom. The van der Waals surface area contributed by atoms with Crippen molar-refractivity contribution in [2.24, 2.45) is 23.3 Å². The molecule has 0 aliphatic carbocycles. The van der Waals surface area contributed by atoms with Crippen molar-refractivity contribution in [1.82, 2.24) is 9.80 Å². The third kappa shape index (κ3) is 7.67. The zero-order valence-corrected chi connectivity index (χ0v) is 25.3. The maximum atomic E-state index is 14.4. The second-order valence-corrected chi connectivity index (χ2v) is 12.0. The van der Waals surface area contributed by atoms with Gasteiger partial charge in [-0.05, 0) is 77.9 Å². The van der Waals surface area contributed by atoms with E-state index in [0.29, 0.717) is 24.1 Å². The van der Waals surface area contributed by atoms with E-state index in [1.54, 1.807) is 36.1 Å². The van der Waals surface area contributed by atoms with Gasteiger partial charge in [0.05, 0.1) is 17.9 Å². The van der Waals surface area contributed by atoms with E-state index in [1.807, 2.05) is 12.1 Å². The van der Waals surface area contributed by atoms with E-state index in [2.05, 4.69) is 30.3 Å². The van der Waals surface area contributed by atoms with Gasteiger partial charge in [-0.25, -0.2) is 4.39 Å². The number of amides is 3. The molecular weight excluding hydrogens is 571 g/mol. The van der Waals surface area contributed by atoms with Crippen LogP contribution in [0.4, 0.5) is 4.39 Å². The van der Waals surface area contributed by atoms with Crippen LogP contribution in [-0.4, -0.2) is 64.3 Å². The number of nitrogens with zero attached hydrogens (tertiary/aromatic N) is 2. The smallest absolute Gasteiger partial charge is 0.242 e. The number of nitrogens with two attached hydrogens (primary N) is 2. The summed E-state index contributed by atoms with van der Waals surface area (Å²) in [6.07, 6.45) is 0.919. The summed E-state index contributed by atoms with van der Waals surface area (Å²) in [7, 11) is 0. The number of hydrogen-bond donors (Lipinski definition) is 3. The van der Waals surface area contributed by atoms with Crippen LogP contribution in [0.3, 0.4) is 0 Å². The number of carbonyl (C=O) groups is 3. The second kappa shape index (κ2) is 13.9. The molecular formula is C36H39FN4O4. The summed E-state index contributed by atoms with van der Waals surface area (Å²) in [6.45, 7) is 2.37. The third-order valence-corrected chi connectivity index (χ3v) is 8.77. The van der Waals surface area contributed by atoms with Crippen molar-refractivity contribution in [1.29, 1.82) is 0 Å². The predicted molar refractivity (Wildman–Crippen MR) is 171 cm³/mol. The monoisotopic (exact) mass is 610 g/mol. The largest absolute Gasteiger partial charge is 0.508 e. The Hall–Kier alpha value is -4.76. The molecule has 5 N–H and O–H groups in total. The molecule has 8 nitrogen and oxygen atoms in total. The number of primary amides is 1. The fourth-order valence-electron chi connectivity index (χ4n) is 6.17. The summed E-state index contributed by atoms with van der Waals surface area (Å²) in [6, 6.07) is 25.6. The highest BCUT2D eigenvalue weighted by Crippen LogP contribution is 2.28. The third-order valence-electron chi connectivity index (χ3n) is 8.77. The second-order valence-electron chi connectivity index (χ2n) is 12.0. The van der Waals surface area contributed by atoms with Gasteiger partial charge in [0.1, 0.15) is 18.1 Å². The molecule has 1 aliphatic heterocycles. The number of halogens is 1. The van der Waals surface area contributed by atoms with Gasteiger partial charge in [0, 0.05) is 19.1 Å². The number of phenolic OH excluding ortho intramolecular Hbond substituents is 1. The minimum atomic E-state index is -0.931. The average molecular weight is 611 g/mol. The first-order valence-corrected chi connectivity index (χ1v) is 15.2. The topological polar surface area (TPSA) is 130 Å². The molecule has 1 saturated heterocycles. The number of piperazine rings is 1. The first-order chi connectivity index (χ1) is 21.6. The van der Waals surface area contributed by atoms with Crippen molar-refractivity contribution in [2.75, 3.05) is 19.6 Å². The van der Waals surface area contributed by atoms with Crippen LogP contribution >= 0.6 is 0 Å². The molecule has 5 rings (SSSR count). The zero-order chi connectivity index (χ0) is 32.1. The van der Waals surface area contributed by atoms with Gasteiger partial charge in [-0.15, -0.1) is 0 Å². The summed E-state index contributed by atoms with van der Waals surface area (Å²) >= 11 is 0. The lowest BCUT2D eigenvalue weighted by Gasteiger charge is -2.44. The van der Waals surface area contributed by atoms with Gasteiger partial charge in [0.25, 0.3) is 0 Å². The van der Waals surface area contributed by atoms with E-state index in [9.17, 15) is 23.9 Å². The summed E-state index contributed by atoms with van der Waals surface area (Å²) in [5.41, 5.74) is 14.8. The Balaban J connectivity index is 1.38. The molecule has 0 bridgehead atoms.